The predicted octanol–water partition coefficient (Wildman–Crippen LogP) is 1.91. The molecule has 4 nitrogen and oxygen atoms in total. The Balaban J connectivity index is 1.50. The first-order chi connectivity index (χ1) is 10.3. The van der Waals surface area contributed by atoms with Crippen molar-refractivity contribution in [2.45, 2.75) is 38.3 Å². The fraction of sp³-hybridized carbons (Fsp3) is 0.688. The number of nitrogens with one attached hydrogen (secondary N) is 1. The molecule has 0 aromatic carbocycles. The minimum atomic E-state index is 0.0765. The predicted molar refractivity (Wildman–Crippen MR) is 84.5 cm³/mol. The Morgan fingerprint density at radius 2 is 2.48 bits per heavy atom. The van der Waals surface area contributed by atoms with Gasteiger partial charge in [0.15, 0.2) is 0 Å². The van der Waals surface area contributed by atoms with E-state index in [4.69, 9.17) is 4.74 Å². The van der Waals surface area contributed by atoms with Crippen molar-refractivity contribution < 1.29 is 9.53 Å². The first-order valence-corrected chi connectivity index (χ1v) is 8.81. The van der Waals surface area contributed by atoms with Crippen molar-refractivity contribution in [1.29, 1.82) is 0 Å². The smallest absolute Gasteiger partial charge is 0.224 e. The van der Waals surface area contributed by atoms with Crippen LogP contribution in [0.2, 0.25) is 0 Å². The maximum Gasteiger partial charge on any atom is 0.224 e. The number of amides is 1. The number of carbonyl (C=O) groups is 1. The van der Waals surface area contributed by atoms with E-state index in [1.807, 2.05) is 0 Å². The van der Waals surface area contributed by atoms with Crippen molar-refractivity contribution in [3.8, 4) is 0 Å². The molecule has 0 bridgehead atoms. The van der Waals surface area contributed by atoms with E-state index in [2.05, 4.69) is 34.7 Å². The molecule has 3 rings (SSSR count). The van der Waals surface area contributed by atoms with Crippen LogP contribution < -0.4 is 5.32 Å². The van der Waals surface area contributed by atoms with Crippen LogP contribution in [0.3, 0.4) is 0 Å². The Morgan fingerprint density at radius 1 is 1.57 bits per heavy atom. The molecule has 116 valence electrons. The molecule has 1 N–H and O–H groups in total. The summed E-state index contributed by atoms with van der Waals surface area (Å²) in [6.07, 6.45) is 3.18. The van der Waals surface area contributed by atoms with E-state index in [0.717, 1.165) is 45.5 Å². The molecule has 0 unspecified atom stereocenters. The number of nitrogens with zero attached hydrogens (tertiary/aromatic N) is 1. The van der Waals surface area contributed by atoms with Gasteiger partial charge in [-0.15, -0.1) is 11.3 Å². The number of likely N-dealkylation sites (N-methyl/N-ethyl adjacent to an activating group) is 1. The van der Waals surface area contributed by atoms with Gasteiger partial charge in [-0.3, -0.25) is 9.69 Å². The normalized spacial score (nSPS) is 29.3. The zero-order chi connectivity index (χ0) is 14.7. The van der Waals surface area contributed by atoms with Crippen molar-refractivity contribution in [1.82, 2.24) is 10.2 Å². The Hall–Kier alpha value is -0.910. The highest BCUT2D eigenvalue weighted by atomic mass is 32.1. The summed E-state index contributed by atoms with van der Waals surface area (Å²) in [6.45, 7) is 5.64. The summed E-state index contributed by atoms with van der Waals surface area (Å²) < 4.78 is 5.81. The number of piperidine rings is 1. The molecule has 1 amide bonds. The zero-order valence-corrected chi connectivity index (χ0v) is 13.4. The van der Waals surface area contributed by atoms with Crippen LogP contribution in [-0.4, -0.2) is 49.2 Å². The molecule has 0 radical (unpaired) electrons. The van der Waals surface area contributed by atoms with E-state index < -0.39 is 0 Å². The van der Waals surface area contributed by atoms with Crippen molar-refractivity contribution in [2.24, 2.45) is 5.92 Å². The summed E-state index contributed by atoms with van der Waals surface area (Å²) in [7, 11) is 0. The quantitative estimate of drug-likeness (QED) is 0.903. The van der Waals surface area contributed by atoms with Gasteiger partial charge in [0.25, 0.3) is 0 Å². The lowest BCUT2D eigenvalue weighted by Crippen LogP contribution is -2.52. The second-order valence-corrected chi connectivity index (χ2v) is 6.94. The van der Waals surface area contributed by atoms with Crippen LogP contribution in [0, 0.1) is 5.92 Å². The number of thiophene rings is 1. The molecular weight excluding hydrogens is 284 g/mol. The highest BCUT2D eigenvalue weighted by Crippen LogP contribution is 2.31. The highest BCUT2D eigenvalue weighted by Gasteiger charge is 2.41. The average molecular weight is 308 g/mol. The van der Waals surface area contributed by atoms with Gasteiger partial charge < -0.3 is 10.1 Å². The van der Waals surface area contributed by atoms with Crippen LogP contribution in [0.15, 0.2) is 17.5 Å². The SMILES string of the molecule is CCN1C[C@@H](C(=O)NCCc2cccs2)C[C@@H]2OCC[C@@H]21. The monoisotopic (exact) mass is 308 g/mol. The number of hydrogen-bond acceptors (Lipinski definition) is 4. The third kappa shape index (κ3) is 3.47. The number of hydrogen-bond donors (Lipinski definition) is 1. The summed E-state index contributed by atoms with van der Waals surface area (Å²) in [5.74, 6) is 0.270. The molecule has 1 aromatic rings. The van der Waals surface area contributed by atoms with Gasteiger partial charge in [0, 0.05) is 30.6 Å². The fourth-order valence-corrected chi connectivity index (χ4v) is 4.22. The molecule has 0 aliphatic carbocycles. The minimum Gasteiger partial charge on any atom is -0.377 e. The van der Waals surface area contributed by atoms with Crippen LogP contribution in [0.1, 0.15) is 24.6 Å². The lowest BCUT2D eigenvalue weighted by molar-refractivity contribution is -0.129. The molecule has 0 spiro atoms. The minimum absolute atomic E-state index is 0.0765. The van der Waals surface area contributed by atoms with Crippen molar-refractivity contribution in [3.63, 3.8) is 0 Å². The van der Waals surface area contributed by atoms with E-state index >= 15 is 0 Å². The van der Waals surface area contributed by atoms with Gasteiger partial charge in [0.2, 0.25) is 5.91 Å². The fourth-order valence-electron chi connectivity index (χ4n) is 3.52. The third-order valence-electron chi connectivity index (χ3n) is 4.64. The van der Waals surface area contributed by atoms with E-state index in [1.54, 1.807) is 11.3 Å². The van der Waals surface area contributed by atoms with Gasteiger partial charge in [0.1, 0.15) is 0 Å². The summed E-state index contributed by atoms with van der Waals surface area (Å²) in [4.78, 5) is 16.1. The maximum atomic E-state index is 12.4. The highest BCUT2D eigenvalue weighted by molar-refractivity contribution is 7.09. The van der Waals surface area contributed by atoms with E-state index in [-0.39, 0.29) is 17.9 Å². The lowest BCUT2D eigenvalue weighted by atomic mass is 9.89. The van der Waals surface area contributed by atoms with Crippen LogP contribution >= 0.6 is 11.3 Å². The number of rotatable bonds is 5. The van der Waals surface area contributed by atoms with Crippen molar-refractivity contribution >= 4 is 17.2 Å². The molecule has 2 aliphatic heterocycles. The van der Waals surface area contributed by atoms with Crippen LogP contribution in [-0.2, 0) is 16.0 Å². The van der Waals surface area contributed by atoms with Gasteiger partial charge in [0.05, 0.1) is 12.0 Å². The van der Waals surface area contributed by atoms with Crippen LogP contribution in [0.25, 0.3) is 0 Å². The molecule has 2 fully saturated rings. The third-order valence-corrected chi connectivity index (χ3v) is 5.58. The average Bonchev–Trinajstić information content (AvgIpc) is 3.16. The number of likely N-dealkylation sites (tertiary alicyclic amines) is 1. The van der Waals surface area contributed by atoms with Crippen molar-refractivity contribution in [3.05, 3.63) is 22.4 Å². The van der Waals surface area contributed by atoms with Gasteiger partial charge in [-0.2, -0.15) is 0 Å². The molecule has 1 aromatic heterocycles. The van der Waals surface area contributed by atoms with E-state index in [0.29, 0.717) is 6.04 Å². The molecule has 3 heterocycles. The Bertz CT molecular complexity index is 463. The number of ether oxygens (including phenoxy) is 1. The van der Waals surface area contributed by atoms with Crippen LogP contribution in [0.5, 0.6) is 0 Å². The van der Waals surface area contributed by atoms with Gasteiger partial charge >= 0.3 is 0 Å². The van der Waals surface area contributed by atoms with Crippen LogP contribution in [0.4, 0.5) is 0 Å². The van der Waals surface area contributed by atoms with Gasteiger partial charge in [-0.05, 0) is 37.3 Å². The Morgan fingerprint density at radius 3 is 3.24 bits per heavy atom. The summed E-state index contributed by atoms with van der Waals surface area (Å²) in [5, 5.41) is 5.18. The first-order valence-electron chi connectivity index (χ1n) is 7.93. The number of carbonyl (C=O) groups excluding carboxylic acids is 1. The Labute approximate surface area is 130 Å². The summed E-state index contributed by atoms with van der Waals surface area (Å²) in [5.41, 5.74) is 0. The molecule has 3 atom stereocenters. The molecule has 2 saturated heterocycles. The number of fused-ring (bicyclic) bond motifs is 1. The molecule has 2 aliphatic rings. The Kier molecular flexibility index (Phi) is 4.93. The topological polar surface area (TPSA) is 41.6 Å². The zero-order valence-electron chi connectivity index (χ0n) is 12.6. The summed E-state index contributed by atoms with van der Waals surface area (Å²) >= 11 is 1.75. The summed E-state index contributed by atoms with van der Waals surface area (Å²) in [6, 6.07) is 4.71. The standard InChI is InChI=1S/C16H24N2O2S/c1-2-18-11-12(10-15-14(18)6-8-20-15)16(19)17-7-5-13-4-3-9-21-13/h3-4,9,12,14-15H,2,5-8,10-11H2,1H3,(H,17,19)/t12-,14-,15-/m0/s1. The molecule has 21 heavy (non-hydrogen) atoms. The van der Waals surface area contributed by atoms with Crippen molar-refractivity contribution in [2.75, 3.05) is 26.2 Å². The van der Waals surface area contributed by atoms with E-state index in [1.165, 1.54) is 4.88 Å². The second-order valence-electron chi connectivity index (χ2n) is 5.91. The van der Waals surface area contributed by atoms with E-state index in [9.17, 15) is 4.79 Å². The maximum absolute atomic E-state index is 12.4. The molecule has 0 saturated carbocycles. The lowest BCUT2D eigenvalue weighted by Gasteiger charge is -2.39. The largest absolute Gasteiger partial charge is 0.377 e. The van der Waals surface area contributed by atoms with Gasteiger partial charge in [-0.1, -0.05) is 13.0 Å². The molecule has 5 heteroatoms. The second kappa shape index (κ2) is 6.90. The van der Waals surface area contributed by atoms with Gasteiger partial charge in [-0.25, -0.2) is 0 Å². The molecular formula is C16H24N2O2S. The first kappa shape index (κ1) is 15.0.